The number of aliphatic imine (C=N–C) groups is 1. The molecule has 0 radical (unpaired) electrons. The van der Waals surface area contributed by atoms with Crippen LogP contribution in [0.1, 0.15) is 17.2 Å². The monoisotopic (exact) mass is 413 g/mol. The number of hydrogen-bond acceptors (Lipinski definition) is 3. The fourth-order valence-electron chi connectivity index (χ4n) is 5.24. The van der Waals surface area contributed by atoms with Gasteiger partial charge in [-0.3, -0.25) is 4.79 Å². The van der Waals surface area contributed by atoms with Gasteiger partial charge in [0.15, 0.2) is 0 Å². The summed E-state index contributed by atoms with van der Waals surface area (Å²) in [5.74, 6) is -0.00887. The molecule has 0 aromatic heterocycles. The average Bonchev–Trinajstić information content (AvgIpc) is 3.21. The first-order chi connectivity index (χ1) is 15.8. The molecular formula is C28H19N3O. The Morgan fingerprint density at radius 2 is 1.59 bits per heavy atom. The molecule has 152 valence electrons. The summed E-state index contributed by atoms with van der Waals surface area (Å²) in [6.07, 6.45) is 2.08. The van der Waals surface area contributed by atoms with Crippen molar-refractivity contribution >= 4 is 45.0 Å². The third-order valence-corrected chi connectivity index (χ3v) is 6.67. The molecule has 32 heavy (non-hydrogen) atoms. The molecule has 7 rings (SSSR count). The summed E-state index contributed by atoms with van der Waals surface area (Å²) in [7, 11) is 0. The van der Waals surface area contributed by atoms with Crippen molar-refractivity contribution in [2.75, 3.05) is 10.2 Å². The van der Waals surface area contributed by atoms with Crippen LogP contribution in [-0.4, -0.2) is 17.7 Å². The molecular weight excluding hydrogens is 394 g/mol. The molecule has 1 unspecified atom stereocenters. The molecule has 3 aliphatic rings. The van der Waals surface area contributed by atoms with Gasteiger partial charge in [-0.2, -0.15) is 0 Å². The first kappa shape index (κ1) is 17.5. The zero-order chi connectivity index (χ0) is 21.2. The Morgan fingerprint density at radius 1 is 0.812 bits per heavy atom. The van der Waals surface area contributed by atoms with Crippen molar-refractivity contribution in [1.29, 1.82) is 0 Å². The maximum absolute atomic E-state index is 13.2. The Morgan fingerprint density at radius 3 is 2.53 bits per heavy atom. The van der Waals surface area contributed by atoms with Crippen LogP contribution in [0, 0.1) is 0 Å². The van der Waals surface area contributed by atoms with Crippen LogP contribution in [-0.2, 0) is 4.79 Å². The van der Waals surface area contributed by atoms with Gasteiger partial charge in [-0.1, -0.05) is 66.7 Å². The quantitative estimate of drug-likeness (QED) is 0.423. The number of carbonyl (C=O) groups is 1. The van der Waals surface area contributed by atoms with E-state index in [2.05, 4.69) is 70.9 Å². The zero-order valence-electron chi connectivity index (χ0n) is 17.2. The van der Waals surface area contributed by atoms with E-state index in [4.69, 9.17) is 4.99 Å². The lowest BCUT2D eigenvalue weighted by Crippen LogP contribution is -2.53. The topological polar surface area (TPSA) is 44.7 Å². The number of nitrogens with one attached hydrogen (secondary N) is 1. The van der Waals surface area contributed by atoms with Gasteiger partial charge in [0.25, 0.3) is 5.91 Å². The van der Waals surface area contributed by atoms with Crippen molar-refractivity contribution in [2.45, 2.75) is 12.1 Å². The highest BCUT2D eigenvalue weighted by Gasteiger charge is 2.45. The van der Waals surface area contributed by atoms with Crippen molar-refractivity contribution in [1.82, 2.24) is 0 Å². The molecule has 2 atom stereocenters. The summed E-state index contributed by atoms with van der Waals surface area (Å²) in [6, 6.07) is 30.6. The molecule has 4 aromatic rings. The number of hydrogen-bond donors (Lipinski definition) is 1. The summed E-state index contributed by atoms with van der Waals surface area (Å²) in [5, 5.41) is 5.49. The molecule has 3 aliphatic heterocycles. The van der Waals surface area contributed by atoms with Crippen LogP contribution in [0.5, 0.6) is 0 Å². The Hall–Kier alpha value is -4.18. The third-order valence-electron chi connectivity index (χ3n) is 6.67. The summed E-state index contributed by atoms with van der Waals surface area (Å²) in [5.41, 5.74) is 7.12. The molecule has 1 amide bonds. The smallest absolute Gasteiger partial charge is 0.251 e. The van der Waals surface area contributed by atoms with Gasteiger partial charge in [-0.05, 0) is 46.7 Å². The van der Waals surface area contributed by atoms with E-state index < -0.39 is 6.04 Å². The number of carbonyl (C=O) groups excluding carboxylic acids is 1. The second-order valence-electron chi connectivity index (χ2n) is 8.46. The van der Waals surface area contributed by atoms with E-state index in [9.17, 15) is 4.79 Å². The van der Waals surface area contributed by atoms with Crippen LogP contribution in [0.4, 0.5) is 17.1 Å². The molecule has 0 saturated heterocycles. The normalized spacial score (nSPS) is 20.5. The Bertz CT molecular complexity index is 1500. The molecule has 4 aromatic carbocycles. The van der Waals surface area contributed by atoms with E-state index in [-0.39, 0.29) is 11.9 Å². The Kier molecular flexibility index (Phi) is 3.50. The number of para-hydroxylation sites is 3. The van der Waals surface area contributed by atoms with Crippen LogP contribution in [0.25, 0.3) is 16.3 Å². The number of fused-ring (bicyclic) bond motifs is 7. The Labute approximate surface area is 185 Å². The van der Waals surface area contributed by atoms with E-state index in [0.29, 0.717) is 0 Å². The van der Waals surface area contributed by atoms with Crippen LogP contribution in [0.3, 0.4) is 0 Å². The lowest BCUT2D eigenvalue weighted by molar-refractivity contribution is -0.116. The Balaban J connectivity index is 1.51. The minimum absolute atomic E-state index is 0.00887. The fraction of sp³-hybridized carbons (Fsp3) is 0.0714. The molecule has 1 N–H and O–H groups in total. The van der Waals surface area contributed by atoms with E-state index in [0.717, 1.165) is 39.5 Å². The van der Waals surface area contributed by atoms with Crippen molar-refractivity contribution in [2.24, 2.45) is 4.99 Å². The predicted octanol–water partition coefficient (Wildman–Crippen LogP) is 5.89. The van der Waals surface area contributed by atoms with Gasteiger partial charge in [0, 0.05) is 11.1 Å². The summed E-state index contributed by atoms with van der Waals surface area (Å²) < 4.78 is 0. The molecule has 4 heteroatoms. The summed E-state index contributed by atoms with van der Waals surface area (Å²) in [6.45, 7) is 0. The van der Waals surface area contributed by atoms with Crippen molar-refractivity contribution in [3.63, 3.8) is 0 Å². The minimum atomic E-state index is -0.401. The number of anilines is 2. The first-order valence-corrected chi connectivity index (χ1v) is 10.8. The van der Waals surface area contributed by atoms with Gasteiger partial charge in [-0.15, -0.1) is 0 Å². The van der Waals surface area contributed by atoms with Gasteiger partial charge >= 0.3 is 0 Å². The van der Waals surface area contributed by atoms with E-state index in [1.807, 2.05) is 36.4 Å². The van der Waals surface area contributed by atoms with Crippen LogP contribution in [0.2, 0.25) is 0 Å². The van der Waals surface area contributed by atoms with Crippen LogP contribution in [0.15, 0.2) is 102 Å². The van der Waals surface area contributed by atoms with Crippen molar-refractivity contribution < 1.29 is 4.79 Å². The molecule has 3 heterocycles. The molecule has 0 fully saturated rings. The second-order valence-corrected chi connectivity index (χ2v) is 8.46. The second kappa shape index (κ2) is 6.41. The molecule has 0 bridgehead atoms. The molecule has 0 saturated carbocycles. The summed E-state index contributed by atoms with van der Waals surface area (Å²) >= 11 is 0. The lowest BCUT2D eigenvalue weighted by Gasteiger charge is -2.45. The predicted molar refractivity (Wildman–Crippen MR) is 130 cm³/mol. The van der Waals surface area contributed by atoms with Gasteiger partial charge in [0.1, 0.15) is 6.04 Å². The molecule has 4 nitrogen and oxygen atoms in total. The molecule has 0 aliphatic carbocycles. The maximum Gasteiger partial charge on any atom is 0.251 e. The van der Waals surface area contributed by atoms with Crippen LogP contribution < -0.4 is 10.2 Å². The highest BCUT2D eigenvalue weighted by molar-refractivity contribution is 6.34. The van der Waals surface area contributed by atoms with Gasteiger partial charge in [0.05, 0.1) is 28.8 Å². The van der Waals surface area contributed by atoms with Crippen LogP contribution >= 0.6 is 0 Å². The van der Waals surface area contributed by atoms with E-state index in [1.165, 1.54) is 10.8 Å². The fourth-order valence-corrected chi connectivity index (χ4v) is 5.24. The minimum Gasteiger partial charge on any atom is -0.342 e. The van der Waals surface area contributed by atoms with Gasteiger partial charge in [0.2, 0.25) is 0 Å². The van der Waals surface area contributed by atoms with Gasteiger partial charge < -0.3 is 10.2 Å². The highest BCUT2D eigenvalue weighted by Crippen LogP contribution is 2.49. The van der Waals surface area contributed by atoms with Gasteiger partial charge in [-0.25, -0.2) is 4.99 Å². The third kappa shape index (κ3) is 2.38. The van der Waals surface area contributed by atoms with Crippen molar-refractivity contribution in [3.8, 4) is 0 Å². The lowest BCUT2D eigenvalue weighted by atomic mass is 9.84. The average molecular weight is 413 g/mol. The number of nitrogens with zero attached hydrogens (tertiary/aromatic N) is 2. The summed E-state index contributed by atoms with van der Waals surface area (Å²) in [4.78, 5) is 20.5. The van der Waals surface area contributed by atoms with E-state index in [1.54, 1.807) is 0 Å². The SMILES string of the molecule is O=C1Nc2ccccc2N2C(c3ccc4ccccc4c3)C3=Nc4ccccc4C3=C[C@@H]12. The molecule has 0 spiro atoms. The van der Waals surface area contributed by atoms with Crippen molar-refractivity contribution in [3.05, 3.63) is 108 Å². The largest absolute Gasteiger partial charge is 0.342 e. The number of benzene rings is 4. The first-order valence-electron chi connectivity index (χ1n) is 10.8. The standard InChI is InChI=1S/C28H19N3O/c32-28-25-16-21-20-9-3-4-10-22(20)29-26(21)27(31(25)24-12-6-5-11-23(24)30-28)19-14-13-17-7-1-2-8-18(17)15-19/h1-16,25,27H,(H,30,32)/t25-,27?/m0/s1. The maximum atomic E-state index is 13.2. The zero-order valence-corrected chi connectivity index (χ0v) is 17.2. The number of rotatable bonds is 1. The van der Waals surface area contributed by atoms with E-state index >= 15 is 0 Å². The highest BCUT2D eigenvalue weighted by atomic mass is 16.2. The number of amides is 1.